The van der Waals surface area contributed by atoms with Gasteiger partial charge in [0, 0.05) is 0 Å². The molecule has 1 atom stereocenters. The van der Waals surface area contributed by atoms with Gasteiger partial charge in [0.25, 0.3) is 0 Å². The minimum Gasteiger partial charge on any atom is -0.431 e. The molecule has 0 aliphatic rings. The summed E-state index contributed by atoms with van der Waals surface area (Å²) in [5.41, 5.74) is -0.434. The Morgan fingerprint density at radius 1 is 1.05 bits per heavy atom. The number of carbonyl (C=O) groups excluding carboxylic acids is 1. The molecule has 0 radical (unpaired) electrons. The minimum absolute atomic E-state index is 0.0497. The molecule has 0 aromatic rings. The van der Waals surface area contributed by atoms with Gasteiger partial charge in [0.05, 0.1) is 0 Å². The summed E-state index contributed by atoms with van der Waals surface area (Å²) in [5.74, 6) is 0. The van der Waals surface area contributed by atoms with Crippen LogP contribution < -0.4 is 0 Å². The van der Waals surface area contributed by atoms with E-state index < -0.39 is 11.8 Å². The third-order valence-corrected chi connectivity index (χ3v) is 3.47. The Balaban J connectivity index is 3.62. The lowest BCUT2D eigenvalue weighted by molar-refractivity contribution is -0.0340. The molecule has 0 spiro atoms. The molecule has 1 unspecified atom stereocenters. The van der Waals surface area contributed by atoms with Crippen LogP contribution in [-0.2, 0) is 9.47 Å². The molecule has 0 aromatic carbocycles. The summed E-state index contributed by atoms with van der Waals surface area (Å²) in [6.07, 6.45) is 8.67. The highest BCUT2D eigenvalue weighted by Crippen LogP contribution is 2.16. The highest BCUT2D eigenvalue weighted by Gasteiger charge is 2.22. The maximum Gasteiger partial charge on any atom is 0.509 e. The molecule has 114 valence electrons. The number of hydrogen-bond donors (Lipinski definition) is 0. The van der Waals surface area contributed by atoms with Crippen molar-refractivity contribution in [3.63, 3.8) is 0 Å². The summed E-state index contributed by atoms with van der Waals surface area (Å²) in [6.45, 7) is 9.94. The summed E-state index contributed by atoms with van der Waals surface area (Å²) in [4.78, 5) is 11.6. The smallest absolute Gasteiger partial charge is 0.431 e. The fourth-order valence-corrected chi connectivity index (χ4v) is 1.76. The van der Waals surface area contributed by atoms with E-state index in [0.717, 1.165) is 19.3 Å². The molecule has 0 aliphatic carbocycles. The van der Waals surface area contributed by atoms with Gasteiger partial charge >= 0.3 is 6.16 Å². The van der Waals surface area contributed by atoms with Crippen molar-refractivity contribution in [1.29, 1.82) is 0 Å². The lowest BCUT2D eigenvalue weighted by Gasteiger charge is -2.24. The molecule has 3 heteroatoms. The summed E-state index contributed by atoms with van der Waals surface area (Å²) in [5, 5.41) is 0. The number of rotatable bonds is 10. The second-order valence-corrected chi connectivity index (χ2v) is 5.95. The van der Waals surface area contributed by atoms with E-state index in [1.807, 2.05) is 27.7 Å². The van der Waals surface area contributed by atoms with Gasteiger partial charge in [-0.25, -0.2) is 4.79 Å². The van der Waals surface area contributed by atoms with Crippen LogP contribution in [0.4, 0.5) is 4.79 Å². The van der Waals surface area contributed by atoms with Gasteiger partial charge in [0.1, 0.15) is 11.7 Å². The molecule has 0 bridgehead atoms. The fraction of sp³-hybridized carbons (Fsp3) is 0.938. The Morgan fingerprint density at radius 2 is 1.63 bits per heavy atom. The Labute approximate surface area is 119 Å². The maximum atomic E-state index is 11.6. The molecule has 0 aliphatic heterocycles. The largest absolute Gasteiger partial charge is 0.509 e. The third-order valence-electron chi connectivity index (χ3n) is 3.47. The van der Waals surface area contributed by atoms with E-state index in [2.05, 4.69) is 6.92 Å². The zero-order chi connectivity index (χ0) is 14.7. The Kier molecular flexibility index (Phi) is 9.72. The van der Waals surface area contributed by atoms with Crippen LogP contribution in [0, 0.1) is 0 Å². The maximum absolute atomic E-state index is 11.6. The number of unbranched alkanes of at least 4 members (excludes halogenated alkanes) is 5. The van der Waals surface area contributed by atoms with Gasteiger partial charge < -0.3 is 9.47 Å². The topological polar surface area (TPSA) is 35.5 Å². The van der Waals surface area contributed by atoms with Crippen molar-refractivity contribution in [1.82, 2.24) is 0 Å². The normalized spacial score (nSPS) is 13.1. The van der Waals surface area contributed by atoms with Gasteiger partial charge in [-0.3, -0.25) is 0 Å². The van der Waals surface area contributed by atoms with Crippen molar-refractivity contribution >= 4 is 6.16 Å². The predicted octanol–water partition coefficient (Wildman–Crippen LogP) is 5.47. The molecular weight excluding hydrogens is 240 g/mol. The van der Waals surface area contributed by atoms with Gasteiger partial charge in [0.2, 0.25) is 0 Å². The second-order valence-electron chi connectivity index (χ2n) is 5.95. The lowest BCUT2D eigenvalue weighted by Crippen LogP contribution is -2.29. The van der Waals surface area contributed by atoms with E-state index in [0.29, 0.717) is 0 Å². The Bertz CT molecular complexity index is 236. The monoisotopic (exact) mass is 272 g/mol. The van der Waals surface area contributed by atoms with Crippen molar-refractivity contribution < 1.29 is 14.3 Å². The molecule has 0 aromatic heterocycles. The van der Waals surface area contributed by atoms with E-state index in [9.17, 15) is 4.79 Å². The second kappa shape index (κ2) is 10.1. The molecule has 19 heavy (non-hydrogen) atoms. The molecular formula is C16H32O3. The minimum atomic E-state index is -0.537. The summed E-state index contributed by atoms with van der Waals surface area (Å²) >= 11 is 0. The Morgan fingerprint density at radius 3 is 2.21 bits per heavy atom. The van der Waals surface area contributed by atoms with E-state index >= 15 is 0 Å². The van der Waals surface area contributed by atoms with Crippen molar-refractivity contribution in [2.24, 2.45) is 0 Å². The van der Waals surface area contributed by atoms with Gasteiger partial charge in [-0.2, -0.15) is 0 Å². The predicted molar refractivity (Wildman–Crippen MR) is 79.4 cm³/mol. The van der Waals surface area contributed by atoms with Gasteiger partial charge in [-0.15, -0.1) is 0 Å². The SMILES string of the molecule is CCCCCCCCC(C)OC(=O)OC(C)(C)CC. The van der Waals surface area contributed by atoms with Gasteiger partial charge in [-0.1, -0.05) is 46.0 Å². The van der Waals surface area contributed by atoms with Crippen molar-refractivity contribution in [2.45, 2.75) is 97.7 Å². The van der Waals surface area contributed by atoms with Gasteiger partial charge in [0.15, 0.2) is 0 Å². The first-order chi connectivity index (χ1) is 8.91. The van der Waals surface area contributed by atoms with Crippen LogP contribution in [0.1, 0.15) is 86.0 Å². The van der Waals surface area contributed by atoms with Gasteiger partial charge in [-0.05, 0) is 40.0 Å². The average molecular weight is 272 g/mol. The molecule has 0 amide bonds. The van der Waals surface area contributed by atoms with Crippen LogP contribution in [0.3, 0.4) is 0 Å². The zero-order valence-electron chi connectivity index (χ0n) is 13.5. The Hall–Kier alpha value is -0.730. The molecule has 0 heterocycles. The number of hydrogen-bond acceptors (Lipinski definition) is 3. The molecule has 0 fully saturated rings. The summed E-state index contributed by atoms with van der Waals surface area (Å²) in [6, 6.07) is 0. The molecule has 3 nitrogen and oxygen atoms in total. The molecule has 0 saturated carbocycles. The first kappa shape index (κ1) is 18.3. The highest BCUT2D eigenvalue weighted by atomic mass is 16.7. The zero-order valence-corrected chi connectivity index (χ0v) is 13.5. The first-order valence-electron chi connectivity index (χ1n) is 7.81. The van der Waals surface area contributed by atoms with Crippen LogP contribution in [0.5, 0.6) is 0 Å². The van der Waals surface area contributed by atoms with Crippen LogP contribution in [0.15, 0.2) is 0 Å². The van der Waals surface area contributed by atoms with Crippen LogP contribution in [0.25, 0.3) is 0 Å². The quantitative estimate of drug-likeness (QED) is 0.391. The van der Waals surface area contributed by atoms with Crippen molar-refractivity contribution in [2.75, 3.05) is 0 Å². The first-order valence-corrected chi connectivity index (χ1v) is 7.81. The summed E-state index contributed by atoms with van der Waals surface area (Å²) in [7, 11) is 0. The van der Waals surface area contributed by atoms with E-state index in [1.165, 1.54) is 32.1 Å². The van der Waals surface area contributed by atoms with Crippen LogP contribution in [0.2, 0.25) is 0 Å². The number of ether oxygens (including phenoxy) is 2. The van der Waals surface area contributed by atoms with Crippen LogP contribution >= 0.6 is 0 Å². The lowest BCUT2D eigenvalue weighted by atomic mass is 10.1. The average Bonchev–Trinajstić information content (AvgIpc) is 2.32. The van der Waals surface area contributed by atoms with E-state index in [-0.39, 0.29) is 6.10 Å². The van der Waals surface area contributed by atoms with Crippen molar-refractivity contribution in [3.8, 4) is 0 Å². The summed E-state index contributed by atoms with van der Waals surface area (Å²) < 4.78 is 10.5. The molecule has 0 saturated heterocycles. The fourth-order valence-electron chi connectivity index (χ4n) is 1.76. The van der Waals surface area contributed by atoms with Crippen molar-refractivity contribution in [3.05, 3.63) is 0 Å². The van der Waals surface area contributed by atoms with E-state index in [1.54, 1.807) is 0 Å². The molecule has 0 rings (SSSR count). The third kappa shape index (κ3) is 10.8. The standard InChI is InChI=1S/C16H32O3/c1-6-8-9-10-11-12-13-14(3)18-15(17)19-16(4,5)7-2/h14H,6-13H2,1-5H3. The highest BCUT2D eigenvalue weighted by molar-refractivity contribution is 5.60. The number of carbonyl (C=O) groups is 1. The van der Waals surface area contributed by atoms with Crippen LogP contribution in [-0.4, -0.2) is 17.9 Å². The molecule has 0 N–H and O–H groups in total. The van der Waals surface area contributed by atoms with E-state index in [4.69, 9.17) is 9.47 Å².